The molecule has 4 heteroatoms. The van der Waals surface area contributed by atoms with E-state index in [2.05, 4.69) is 90.5 Å². The van der Waals surface area contributed by atoms with Gasteiger partial charge >= 0.3 is 0 Å². The summed E-state index contributed by atoms with van der Waals surface area (Å²) in [5.41, 5.74) is 10.5. The molecule has 0 radical (unpaired) electrons. The number of rotatable bonds is 1. The minimum atomic E-state index is 0.0704. The van der Waals surface area contributed by atoms with Gasteiger partial charge in [-0.05, 0) is 90.2 Å². The molecule has 3 heterocycles. The zero-order valence-electron chi connectivity index (χ0n) is 18.7. The Bertz CT molecular complexity index is 1240. The maximum atomic E-state index is 9.79. The standard InChI is InChI=1S/C28H28N4/c1-17-13-20-7-10-23(17)26-15-22(9-6-21(26)16-29)32-18(2)25-14-19(8-11-27(25)30-3)24-5-4-12-31-28(20)24/h4-14,18,26,28,30-32H,15H2,1-3H3. The van der Waals surface area contributed by atoms with Crippen LogP contribution in [0.5, 0.6) is 0 Å². The minimum Gasteiger partial charge on any atom is -0.388 e. The number of dihydropyridines is 1. The van der Waals surface area contributed by atoms with Crippen LogP contribution in [-0.2, 0) is 0 Å². The lowest BCUT2D eigenvalue weighted by Gasteiger charge is -2.30. The number of nitriles is 1. The van der Waals surface area contributed by atoms with Crippen molar-refractivity contribution in [1.82, 2.24) is 10.6 Å². The molecule has 0 amide bonds. The number of fused-ring (bicyclic) bond motifs is 3. The molecule has 2 aromatic rings. The summed E-state index contributed by atoms with van der Waals surface area (Å²) in [7, 11) is 1.97. The van der Waals surface area contributed by atoms with E-state index in [4.69, 9.17) is 0 Å². The first-order chi connectivity index (χ1) is 15.6. The normalized spacial score (nSPS) is 23.3. The highest BCUT2D eigenvalue weighted by molar-refractivity contribution is 5.76. The lowest BCUT2D eigenvalue weighted by atomic mass is 9.80. The second kappa shape index (κ2) is 8.09. The number of allylic oxidation sites excluding steroid dienone is 6. The van der Waals surface area contributed by atoms with Gasteiger partial charge in [-0.15, -0.1) is 0 Å². The Morgan fingerprint density at radius 3 is 2.72 bits per heavy atom. The largest absolute Gasteiger partial charge is 0.388 e. The summed E-state index contributed by atoms with van der Waals surface area (Å²) in [5.74, 6) is 0.0704. The van der Waals surface area contributed by atoms with Crippen molar-refractivity contribution >= 4 is 11.3 Å². The summed E-state index contributed by atoms with van der Waals surface area (Å²) in [4.78, 5) is 0. The van der Waals surface area contributed by atoms with Crippen molar-refractivity contribution in [1.29, 1.82) is 5.26 Å². The van der Waals surface area contributed by atoms with Crippen molar-refractivity contribution in [2.24, 2.45) is 0 Å². The molecule has 1 aliphatic carbocycles. The average molecular weight is 421 g/mol. The van der Waals surface area contributed by atoms with Gasteiger partial charge in [-0.3, -0.25) is 0 Å². The molecule has 4 aliphatic rings. The van der Waals surface area contributed by atoms with Gasteiger partial charge < -0.3 is 16.0 Å². The smallest absolute Gasteiger partial charge is 0.0953 e. The van der Waals surface area contributed by atoms with E-state index >= 15 is 0 Å². The van der Waals surface area contributed by atoms with E-state index in [1.165, 1.54) is 33.4 Å². The van der Waals surface area contributed by atoms with Crippen LogP contribution in [0.25, 0.3) is 5.57 Å². The molecule has 0 aromatic heterocycles. The van der Waals surface area contributed by atoms with Crippen molar-refractivity contribution < 1.29 is 0 Å². The second-order valence-corrected chi connectivity index (χ2v) is 8.80. The van der Waals surface area contributed by atoms with Crippen LogP contribution in [0.4, 0.5) is 5.69 Å². The third-order valence-corrected chi connectivity index (χ3v) is 6.86. The molecule has 4 nitrogen and oxygen atoms in total. The molecule has 3 N–H and O–H groups in total. The average Bonchev–Trinajstić information content (AvgIpc) is 2.83. The molecule has 3 atom stereocenters. The number of hydrogen-bond donors (Lipinski definition) is 3. The fourth-order valence-electron chi connectivity index (χ4n) is 5.19. The molecule has 3 aliphatic heterocycles. The van der Waals surface area contributed by atoms with Gasteiger partial charge in [0.25, 0.3) is 0 Å². The van der Waals surface area contributed by atoms with Crippen molar-refractivity contribution in [3.63, 3.8) is 0 Å². The van der Waals surface area contributed by atoms with Crippen molar-refractivity contribution in [2.75, 3.05) is 12.4 Å². The third kappa shape index (κ3) is 3.40. The van der Waals surface area contributed by atoms with Gasteiger partial charge in [0, 0.05) is 29.9 Å². The molecule has 0 saturated heterocycles. The second-order valence-electron chi connectivity index (χ2n) is 8.80. The van der Waals surface area contributed by atoms with E-state index in [1.54, 1.807) is 0 Å². The highest BCUT2D eigenvalue weighted by Crippen LogP contribution is 2.40. The van der Waals surface area contributed by atoms with Crippen LogP contribution in [0.3, 0.4) is 0 Å². The number of anilines is 1. The molecule has 160 valence electrons. The predicted molar refractivity (Wildman–Crippen MR) is 131 cm³/mol. The van der Waals surface area contributed by atoms with Crippen LogP contribution in [0.15, 0.2) is 78.2 Å². The van der Waals surface area contributed by atoms with Gasteiger partial charge in [0.2, 0.25) is 0 Å². The maximum absolute atomic E-state index is 9.79. The van der Waals surface area contributed by atoms with E-state index in [1.807, 2.05) is 19.3 Å². The molecular formula is C28H28N4. The topological polar surface area (TPSA) is 59.9 Å². The first-order valence-electron chi connectivity index (χ1n) is 11.2. The van der Waals surface area contributed by atoms with Crippen LogP contribution in [-0.4, -0.2) is 7.05 Å². The summed E-state index contributed by atoms with van der Waals surface area (Å²) >= 11 is 0. The number of nitrogens with one attached hydrogen (secondary N) is 3. The van der Waals surface area contributed by atoms with Crippen LogP contribution in [0.1, 0.15) is 59.2 Å². The Balaban J connectivity index is 1.73. The fraction of sp³-hybridized carbons (Fsp3) is 0.250. The summed E-state index contributed by atoms with van der Waals surface area (Å²) in [5, 5.41) is 20.4. The fourth-order valence-corrected chi connectivity index (χ4v) is 5.19. The summed E-state index contributed by atoms with van der Waals surface area (Å²) in [6, 6.07) is 16.0. The molecule has 0 spiro atoms. The Kier molecular flexibility index (Phi) is 5.11. The van der Waals surface area contributed by atoms with Crippen molar-refractivity contribution in [2.45, 2.75) is 38.3 Å². The van der Waals surface area contributed by atoms with E-state index in [9.17, 15) is 5.26 Å². The lowest BCUT2D eigenvalue weighted by molar-refractivity contribution is 0.605. The number of benzene rings is 2. The number of aryl methyl sites for hydroxylation is 1. The molecule has 0 saturated carbocycles. The zero-order chi connectivity index (χ0) is 22.2. The van der Waals surface area contributed by atoms with E-state index in [0.717, 1.165) is 23.4 Å². The van der Waals surface area contributed by atoms with Gasteiger partial charge in [0.1, 0.15) is 0 Å². The van der Waals surface area contributed by atoms with Crippen LogP contribution in [0, 0.1) is 18.3 Å². The Hall–Kier alpha value is -3.71. The van der Waals surface area contributed by atoms with E-state index in [-0.39, 0.29) is 18.0 Å². The van der Waals surface area contributed by atoms with Crippen LogP contribution >= 0.6 is 0 Å². The van der Waals surface area contributed by atoms with E-state index < -0.39 is 0 Å². The monoisotopic (exact) mass is 420 g/mol. The highest BCUT2D eigenvalue weighted by Gasteiger charge is 2.27. The van der Waals surface area contributed by atoms with Gasteiger partial charge in [0.05, 0.1) is 18.2 Å². The van der Waals surface area contributed by atoms with Gasteiger partial charge in [-0.1, -0.05) is 30.3 Å². The quantitative estimate of drug-likeness (QED) is 0.549. The minimum absolute atomic E-state index is 0.0704. The van der Waals surface area contributed by atoms with E-state index in [0.29, 0.717) is 0 Å². The predicted octanol–water partition coefficient (Wildman–Crippen LogP) is 5.76. The zero-order valence-corrected chi connectivity index (χ0v) is 18.7. The SMILES string of the molecule is CNc1ccc2cc1C(C)NC1=CC=C(C#N)C(C1)c1ccc(cc1C)C1NC=CC=C21. The number of hydrogen-bond acceptors (Lipinski definition) is 4. The van der Waals surface area contributed by atoms with Crippen LogP contribution in [0.2, 0.25) is 0 Å². The van der Waals surface area contributed by atoms with Gasteiger partial charge in [-0.25, -0.2) is 0 Å². The van der Waals surface area contributed by atoms with Crippen molar-refractivity contribution in [3.8, 4) is 6.07 Å². The molecule has 2 aromatic carbocycles. The molecule has 32 heavy (non-hydrogen) atoms. The molecular weight excluding hydrogens is 392 g/mol. The Labute approximate surface area is 190 Å². The Morgan fingerprint density at radius 2 is 1.94 bits per heavy atom. The van der Waals surface area contributed by atoms with Crippen LogP contribution < -0.4 is 16.0 Å². The maximum Gasteiger partial charge on any atom is 0.0953 e. The molecule has 6 rings (SSSR count). The van der Waals surface area contributed by atoms with Gasteiger partial charge in [-0.2, -0.15) is 5.26 Å². The Morgan fingerprint density at radius 1 is 1.06 bits per heavy atom. The molecule has 6 bridgehead atoms. The molecule has 0 fully saturated rings. The summed E-state index contributed by atoms with van der Waals surface area (Å²) in [6.45, 7) is 4.37. The highest BCUT2D eigenvalue weighted by atomic mass is 14.9. The summed E-state index contributed by atoms with van der Waals surface area (Å²) < 4.78 is 0. The summed E-state index contributed by atoms with van der Waals surface area (Å²) in [6.07, 6.45) is 11.1. The molecule has 3 unspecified atom stereocenters. The third-order valence-electron chi connectivity index (χ3n) is 6.86. The first-order valence-corrected chi connectivity index (χ1v) is 11.2. The first kappa shape index (κ1) is 20.2. The van der Waals surface area contributed by atoms with Gasteiger partial charge in [0.15, 0.2) is 0 Å². The van der Waals surface area contributed by atoms with Crippen molar-refractivity contribution in [3.05, 3.63) is 106 Å². The number of nitrogens with zero attached hydrogens (tertiary/aromatic N) is 1. The lowest BCUT2D eigenvalue weighted by Crippen LogP contribution is -2.24.